The number of hydrogen-bond donors (Lipinski definition) is 1. The minimum Gasteiger partial charge on any atom is -0.506 e. The summed E-state index contributed by atoms with van der Waals surface area (Å²) in [7, 11) is 0. The first-order valence-electron chi connectivity index (χ1n) is 3.99. The van der Waals surface area contributed by atoms with Gasteiger partial charge in [0.2, 0.25) is 0 Å². The van der Waals surface area contributed by atoms with Gasteiger partial charge in [0.25, 0.3) is 0 Å². The van der Waals surface area contributed by atoms with Crippen molar-refractivity contribution in [2.75, 3.05) is 0 Å². The van der Waals surface area contributed by atoms with Crippen LogP contribution in [0.3, 0.4) is 0 Å². The van der Waals surface area contributed by atoms with Gasteiger partial charge in [0, 0.05) is 27.0 Å². The van der Waals surface area contributed by atoms with Crippen LogP contribution < -0.4 is 0 Å². The Labute approximate surface area is 109 Å². The van der Waals surface area contributed by atoms with Gasteiger partial charge in [-0.15, -0.1) is 0 Å². The third-order valence-electron chi connectivity index (χ3n) is 1.94. The summed E-state index contributed by atoms with van der Waals surface area (Å²) in [6.45, 7) is 0. The number of phenols is 1. The fourth-order valence-corrected chi connectivity index (χ4v) is 3.15. The third-order valence-corrected chi connectivity index (χ3v) is 4.26. The minimum atomic E-state index is -0.00299. The van der Waals surface area contributed by atoms with Crippen molar-refractivity contribution in [2.24, 2.45) is 0 Å². The molecular formula is C10H5BrCl2OS. The summed E-state index contributed by atoms with van der Waals surface area (Å²) in [5.41, 5.74) is 1.79. The van der Waals surface area contributed by atoms with Crippen molar-refractivity contribution in [2.45, 2.75) is 0 Å². The van der Waals surface area contributed by atoms with Crippen LogP contribution in [-0.2, 0) is 0 Å². The van der Waals surface area contributed by atoms with Crippen molar-refractivity contribution < 1.29 is 5.11 Å². The highest BCUT2D eigenvalue weighted by Crippen LogP contribution is 2.40. The molecule has 0 saturated carbocycles. The third kappa shape index (κ3) is 2.16. The molecule has 0 spiro atoms. The van der Waals surface area contributed by atoms with E-state index in [9.17, 15) is 5.11 Å². The molecule has 1 nitrogen and oxygen atoms in total. The Morgan fingerprint density at radius 1 is 1.07 bits per heavy atom. The lowest BCUT2D eigenvalue weighted by Gasteiger charge is -2.05. The molecule has 0 unspecified atom stereocenters. The van der Waals surface area contributed by atoms with E-state index < -0.39 is 0 Å². The molecule has 2 aromatic rings. The maximum atomic E-state index is 9.37. The Hall–Kier alpha value is -0.220. The van der Waals surface area contributed by atoms with Crippen LogP contribution in [-0.4, -0.2) is 5.11 Å². The summed E-state index contributed by atoms with van der Waals surface area (Å²) in [6, 6.07) is 3.11. The van der Waals surface area contributed by atoms with Crippen LogP contribution in [0.15, 0.2) is 27.4 Å². The van der Waals surface area contributed by atoms with Crippen molar-refractivity contribution in [1.29, 1.82) is 0 Å². The molecule has 0 bridgehead atoms. The van der Waals surface area contributed by atoms with E-state index in [2.05, 4.69) is 15.9 Å². The van der Waals surface area contributed by atoms with Crippen molar-refractivity contribution in [1.82, 2.24) is 0 Å². The zero-order valence-electron chi connectivity index (χ0n) is 7.30. The highest BCUT2D eigenvalue weighted by Gasteiger charge is 2.11. The fraction of sp³-hybridized carbons (Fsp3) is 0. The predicted molar refractivity (Wildman–Crippen MR) is 69.1 cm³/mol. The second-order valence-corrected chi connectivity index (χ2v) is 5.33. The van der Waals surface area contributed by atoms with Gasteiger partial charge in [-0.1, -0.05) is 23.2 Å². The molecule has 0 fully saturated rings. The molecule has 1 heterocycles. The first-order valence-corrected chi connectivity index (χ1v) is 6.49. The van der Waals surface area contributed by atoms with E-state index in [1.54, 1.807) is 17.4 Å². The predicted octanol–water partition coefficient (Wildman–Crippen LogP) is 5.19. The van der Waals surface area contributed by atoms with Gasteiger partial charge < -0.3 is 5.11 Å². The van der Waals surface area contributed by atoms with Crippen LogP contribution in [0.2, 0.25) is 10.0 Å². The van der Waals surface area contributed by atoms with E-state index in [1.165, 1.54) is 6.07 Å². The molecule has 2 rings (SSSR count). The maximum Gasteiger partial charge on any atom is 0.135 e. The quantitative estimate of drug-likeness (QED) is 0.765. The van der Waals surface area contributed by atoms with E-state index >= 15 is 0 Å². The van der Waals surface area contributed by atoms with Crippen LogP contribution in [0.4, 0.5) is 0 Å². The van der Waals surface area contributed by atoms with Gasteiger partial charge in [-0.25, -0.2) is 0 Å². The number of benzene rings is 1. The van der Waals surface area contributed by atoms with Crippen molar-refractivity contribution >= 4 is 50.5 Å². The molecule has 0 atom stereocenters. The van der Waals surface area contributed by atoms with Gasteiger partial charge in [0.05, 0.1) is 10.0 Å². The lowest BCUT2D eigenvalue weighted by molar-refractivity contribution is 0.475. The van der Waals surface area contributed by atoms with E-state index in [-0.39, 0.29) is 5.75 Å². The monoisotopic (exact) mass is 322 g/mol. The van der Waals surface area contributed by atoms with E-state index in [4.69, 9.17) is 23.2 Å². The molecule has 78 valence electrons. The first-order chi connectivity index (χ1) is 7.09. The topological polar surface area (TPSA) is 20.2 Å². The van der Waals surface area contributed by atoms with Crippen molar-refractivity contribution in [3.05, 3.63) is 37.4 Å². The minimum absolute atomic E-state index is 0.00299. The summed E-state index contributed by atoms with van der Waals surface area (Å²) < 4.78 is 0.969. The number of halogens is 3. The van der Waals surface area contributed by atoms with Crippen molar-refractivity contribution in [3.63, 3.8) is 0 Å². The molecule has 1 aromatic heterocycles. The molecular weight excluding hydrogens is 319 g/mol. The fourth-order valence-electron chi connectivity index (χ4n) is 1.22. The van der Waals surface area contributed by atoms with Gasteiger partial charge in [0.15, 0.2) is 0 Å². The lowest BCUT2D eigenvalue weighted by atomic mass is 10.1. The van der Waals surface area contributed by atoms with Gasteiger partial charge in [-0.05, 0) is 27.4 Å². The van der Waals surface area contributed by atoms with Crippen LogP contribution in [0.25, 0.3) is 11.1 Å². The van der Waals surface area contributed by atoms with Gasteiger partial charge in [-0.2, -0.15) is 11.3 Å². The average Bonchev–Trinajstić information content (AvgIpc) is 2.58. The Morgan fingerprint density at radius 3 is 2.40 bits per heavy atom. The number of rotatable bonds is 1. The highest BCUT2D eigenvalue weighted by atomic mass is 79.9. The van der Waals surface area contributed by atoms with E-state index in [1.807, 2.05) is 10.8 Å². The molecule has 15 heavy (non-hydrogen) atoms. The zero-order chi connectivity index (χ0) is 11.0. The lowest BCUT2D eigenvalue weighted by Crippen LogP contribution is -1.79. The van der Waals surface area contributed by atoms with Gasteiger partial charge in [-0.3, -0.25) is 0 Å². The molecule has 1 N–H and O–H groups in total. The SMILES string of the molecule is Oc1cc(Cl)c(-c2cscc2Br)cc1Cl. The normalized spacial score (nSPS) is 10.6. The first kappa shape index (κ1) is 11.3. The van der Waals surface area contributed by atoms with E-state index in [0.29, 0.717) is 10.0 Å². The molecule has 0 amide bonds. The summed E-state index contributed by atoms with van der Waals surface area (Å²) in [5.74, 6) is -0.00299. The van der Waals surface area contributed by atoms with Crippen molar-refractivity contribution in [3.8, 4) is 16.9 Å². The number of thiophene rings is 1. The second kappa shape index (κ2) is 4.34. The Balaban J connectivity index is 2.64. The number of aromatic hydroxyl groups is 1. The molecule has 0 aliphatic rings. The summed E-state index contributed by atoms with van der Waals surface area (Å²) in [6.07, 6.45) is 0. The molecule has 5 heteroatoms. The van der Waals surface area contributed by atoms with Crippen LogP contribution >= 0.6 is 50.5 Å². The average molecular weight is 324 g/mol. The Morgan fingerprint density at radius 2 is 1.80 bits per heavy atom. The summed E-state index contributed by atoms with van der Waals surface area (Å²) >= 11 is 16.9. The molecule has 0 aliphatic heterocycles. The molecule has 0 saturated heterocycles. The highest BCUT2D eigenvalue weighted by molar-refractivity contribution is 9.10. The standard InChI is InChI=1S/C10H5BrCl2OS/c11-7-4-15-3-6(7)5-1-9(13)10(14)2-8(5)12/h1-4,14H. The second-order valence-electron chi connectivity index (χ2n) is 2.92. The van der Waals surface area contributed by atoms with Gasteiger partial charge in [0.1, 0.15) is 5.75 Å². The molecule has 0 aliphatic carbocycles. The van der Waals surface area contributed by atoms with E-state index in [0.717, 1.165) is 15.6 Å². The zero-order valence-corrected chi connectivity index (χ0v) is 11.2. The van der Waals surface area contributed by atoms with Gasteiger partial charge >= 0.3 is 0 Å². The Bertz CT molecular complexity index is 510. The number of phenolic OH excluding ortho intramolecular Hbond substituents is 1. The largest absolute Gasteiger partial charge is 0.506 e. The van der Waals surface area contributed by atoms with Crippen LogP contribution in [0, 0.1) is 0 Å². The summed E-state index contributed by atoms with van der Waals surface area (Å²) in [5, 5.41) is 14.1. The Kier molecular flexibility index (Phi) is 3.26. The smallest absolute Gasteiger partial charge is 0.135 e. The summed E-state index contributed by atoms with van der Waals surface area (Å²) in [4.78, 5) is 0. The molecule has 1 aromatic carbocycles. The molecule has 0 radical (unpaired) electrons. The van der Waals surface area contributed by atoms with Crippen LogP contribution in [0.1, 0.15) is 0 Å². The van der Waals surface area contributed by atoms with Crippen LogP contribution in [0.5, 0.6) is 5.75 Å². The maximum absolute atomic E-state index is 9.37. The number of hydrogen-bond acceptors (Lipinski definition) is 2.